The predicted octanol–water partition coefficient (Wildman–Crippen LogP) is 4.83. The van der Waals surface area contributed by atoms with E-state index in [1.54, 1.807) is 65.8 Å². The number of carbonyl (C=O) groups is 1. The van der Waals surface area contributed by atoms with Crippen molar-refractivity contribution >= 4 is 17.3 Å². The summed E-state index contributed by atoms with van der Waals surface area (Å²) >= 11 is 0. The fourth-order valence-corrected chi connectivity index (χ4v) is 2.90. The smallest absolute Gasteiger partial charge is 0.311 e. The zero-order valence-electron chi connectivity index (χ0n) is 15.6. The molecule has 0 radical (unpaired) electrons. The summed E-state index contributed by atoms with van der Waals surface area (Å²) < 4.78 is 7.41. The second-order valence-electron chi connectivity index (χ2n) is 6.29. The number of imidazole rings is 1. The number of hydrogen-bond donors (Lipinski definition) is 1. The molecule has 0 aliphatic rings. The van der Waals surface area contributed by atoms with E-state index in [0.717, 1.165) is 5.69 Å². The highest BCUT2D eigenvalue weighted by molar-refractivity contribution is 6.05. The number of nitrogens with zero attached hydrogens (tertiary/aromatic N) is 3. The van der Waals surface area contributed by atoms with Crippen LogP contribution in [0.15, 0.2) is 91.5 Å². The van der Waals surface area contributed by atoms with E-state index < -0.39 is 4.92 Å². The van der Waals surface area contributed by atoms with Crippen molar-refractivity contribution in [3.05, 3.63) is 107 Å². The molecule has 3 aromatic carbocycles. The van der Waals surface area contributed by atoms with Crippen LogP contribution in [0.2, 0.25) is 0 Å². The van der Waals surface area contributed by atoms with Crippen LogP contribution in [0.25, 0.3) is 5.69 Å². The number of nitro benzene ring substituents is 1. The van der Waals surface area contributed by atoms with Gasteiger partial charge in [0.05, 0.1) is 22.6 Å². The number of rotatable bonds is 6. The van der Waals surface area contributed by atoms with Gasteiger partial charge in [0.2, 0.25) is 5.75 Å². The number of anilines is 1. The Labute approximate surface area is 171 Å². The van der Waals surface area contributed by atoms with Crippen molar-refractivity contribution < 1.29 is 14.5 Å². The fraction of sp³-hybridized carbons (Fsp3) is 0. The highest BCUT2D eigenvalue weighted by Gasteiger charge is 2.15. The Kier molecular flexibility index (Phi) is 5.21. The van der Waals surface area contributed by atoms with Crippen molar-refractivity contribution in [3.63, 3.8) is 0 Å². The maximum absolute atomic E-state index is 12.7. The van der Waals surface area contributed by atoms with E-state index in [9.17, 15) is 14.9 Å². The maximum atomic E-state index is 12.7. The molecule has 1 amide bonds. The summed E-state index contributed by atoms with van der Waals surface area (Å²) in [4.78, 5) is 27.3. The summed E-state index contributed by atoms with van der Waals surface area (Å²) in [6.07, 6.45) is 5.11. The monoisotopic (exact) mass is 400 g/mol. The quantitative estimate of drug-likeness (QED) is 0.369. The first-order chi connectivity index (χ1) is 14.6. The van der Waals surface area contributed by atoms with Crippen LogP contribution in [0.1, 0.15) is 10.4 Å². The van der Waals surface area contributed by atoms with Crippen molar-refractivity contribution in [1.82, 2.24) is 9.55 Å². The molecule has 0 unspecified atom stereocenters. The number of para-hydroxylation sites is 4. The molecule has 0 bridgehead atoms. The molecule has 0 aliphatic heterocycles. The molecule has 0 atom stereocenters. The molecule has 1 heterocycles. The lowest BCUT2D eigenvalue weighted by Crippen LogP contribution is -2.13. The molecule has 0 saturated heterocycles. The number of nitrogens with one attached hydrogen (secondary N) is 1. The molecule has 0 saturated carbocycles. The van der Waals surface area contributed by atoms with E-state index in [4.69, 9.17) is 4.74 Å². The van der Waals surface area contributed by atoms with Crippen LogP contribution in [0.3, 0.4) is 0 Å². The van der Waals surface area contributed by atoms with E-state index in [0.29, 0.717) is 17.0 Å². The molecule has 8 heteroatoms. The third-order valence-electron chi connectivity index (χ3n) is 4.34. The molecule has 30 heavy (non-hydrogen) atoms. The van der Waals surface area contributed by atoms with Crippen LogP contribution in [0.5, 0.6) is 11.5 Å². The number of nitro groups is 1. The average molecular weight is 400 g/mol. The number of amides is 1. The van der Waals surface area contributed by atoms with Crippen LogP contribution in [-0.2, 0) is 0 Å². The van der Waals surface area contributed by atoms with Gasteiger partial charge in [-0.1, -0.05) is 24.3 Å². The first kappa shape index (κ1) is 18.9. The van der Waals surface area contributed by atoms with Gasteiger partial charge in [-0.15, -0.1) is 0 Å². The SMILES string of the molecule is O=C(Nc1ccccc1-n1ccnc1)c1ccc(Oc2ccccc2[N+](=O)[O-])cc1. The molecule has 4 rings (SSSR count). The fourth-order valence-electron chi connectivity index (χ4n) is 2.90. The van der Waals surface area contributed by atoms with Gasteiger partial charge in [0.15, 0.2) is 0 Å². The number of ether oxygens (including phenoxy) is 1. The molecule has 148 valence electrons. The van der Waals surface area contributed by atoms with Gasteiger partial charge in [-0.3, -0.25) is 14.9 Å². The third kappa shape index (κ3) is 4.02. The number of benzene rings is 3. The van der Waals surface area contributed by atoms with Crippen molar-refractivity contribution in [2.45, 2.75) is 0 Å². The summed E-state index contributed by atoms with van der Waals surface area (Å²) in [6.45, 7) is 0. The van der Waals surface area contributed by atoms with Gasteiger partial charge in [0.1, 0.15) is 5.75 Å². The molecule has 0 fully saturated rings. The van der Waals surface area contributed by atoms with Crippen molar-refractivity contribution in [2.75, 3.05) is 5.32 Å². The number of hydrogen-bond acceptors (Lipinski definition) is 5. The summed E-state index contributed by atoms with van der Waals surface area (Å²) in [5.41, 5.74) is 1.72. The Balaban J connectivity index is 1.50. The molecule has 1 aromatic heterocycles. The van der Waals surface area contributed by atoms with Gasteiger partial charge in [0.25, 0.3) is 5.91 Å². The number of carbonyl (C=O) groups excluding carboxylic acids is 1. The Morgan fingerprint density at radius 3 is 2.47 bits per heavy atom. The Bertz CT molecular complexity index is 1190. The summed E-state index contributed by atoms with van der Waals surface area (Å²) in [7, 11) is 0. The van der Waals surface area contributed by atoms with E-state index >= 15 is 0 Å². The zero-order valence-corrected chi connectivity index (χ0v) is 15.6. The van der Waals surface area contributed by atoms with Gasteiger partial charge < -0.3 is 14.6 Å². The van der Waals surface area contributed by atoms with Gasteiger partial charge in [-0.2, -0.15) is 0 Å². The highest BCUT2D eigenvalue weighted by Crippen LogP contribution is 2.31. The van der Waals surface area contributed by atoms with Crippen LogP contribution < -0.4 is 10.1 Å². The van der Waals surface area contributed by atoms with Gasteiger partial charge >= 0.3 is 5.69 Å². The van der Waals surface area contributed by atoms with Crippen LogP contribution in [0.4, 0.5) is 11.4 Å². The van der Waals surface area contributed by atoms with Crippen molar-refractivity contribution in [3.8, 4) is 17.2 Å². The van der Waals surface area contributed by atoms with Gasteiger partial charge in [0, 0.05) is 24.0 Å². The second-order valence-corrected chi connectivity index (χ2v) is 6.29. The molecule has 0 spiro atoms. The average Bonchev–Trinajstić information content (AvgIpc) is 3.29. The zero-order chi connectivity index (χ0) is 20.9. The summed E-state index contributed by atoms with van der Waals surface area (Å²) in [5, 5.41) is 14.0. The molecular formula is C22H16N4O4. The lowest BCUT2D eigenvalue weighted by atomic mass is 10.2. The minimum atomic E-state index is -0.505. The third-order valence-corrected chi connectivity index (χ3v) is 4.34. The summed E-state index contributed by atoms with van der Waals surface area (Å²) in [5.74, 6) is 0.230. The van der Waals surface area contributed by atoms with Gasteiger partial charge in [-0.25, -0.2) is 4.98 Å². The van der Waals surface area contributed by atoms with Gasteiger partial charge in [-0.05, 0) is 42.5 Å². The topological polar surface area (TPSA) is 99.3 Å². The molecule has 4 aromatic rings. The van der Waals surface area contributed by atoms with Crippen LogP contribution >= 0.6 is 0 Å². The molecule has 8 nitrogen and oxygen atoms in total. The minimum absolute atomic E-state index is 0.129. The summed E-state index contributed by atoms with van der Waals surface area (Å²) in [6, 6.07) is 19.9. The Hall–Kier alpha value is -4.46. The normalized spacial score (nSPS) is 10.4. The highest BCUT2D eigenvalue weighted by atomic mass is 16.6. The van der Waals surface area contributed by atoms with Crippen molar-refractivity contribution in [2.24, 2.45) is 0 Å². The van der Waals surface area contributed by atoms with Crippen LogP contribution in [0, 0.1) is 10.1 Å². The van der Waals surface area contributed by atoms with E-state index in [1.165, 1.54) is 12.1 Å². The number of aromatic nitrogens is 2. The Morgan fingerprint density at radius 2 is 1.73 bits per heavy atom. The molecule has 0 aliphatic carbocycles. The first-order valence-corrected chi connectivity index (χ1v) is 9.02. The van der Waals surface area contributed by atoms with E-state index in [1.807, 2.05) is 18.2 Å². The van der Waals surface area contributed by atoms with Crippen molar-refractivity contribution in [1.29, 1.82) is 0 Å². The molecule has 1 N–H and O–H groups in total. The van der Waals surface area contributed by atoms with E-state index in [2.05, 4.69) is 10.3 Å². The Morgan fingerprint density at radius 1 is 1.00 bits per heavy atom. The lowest BCUT2D eigenvalue weighted by molar-refractivity contribution is -0.385. The standard InChI is InChI=1S/C22H16N4O4/c27-22(24-18-5-1-2-6-19(18)25-14-13-23-15-25)16-9-11-17(12-10-16)30-21-8-4-3-7-20(21)26(28)29/h1-15H,(H,24,27). The molecular weight excluding hydrogens is 384 g/mol. The minimum Gasteiger partial charge on any atom is -0.450 e. The van der Waals surface area contributed by atoms with Crippen LogP contribution in [-0.4, -0.2) is 20.4 Å². The van der Waals surface area contributed by atoms with E-state index in [-0.39, 0.29) is 17.3 Å². The second kappa shape index (κ2) is 8.27. The lowest BCUT2D eigenvalue weighted by Gasteiger charge is -2.12. The largest absolute Gasteiger partial charge is 0.450 e. The first-order valence-electron chi connectivity index (χ1n) is 9.02. The maximum Gasteiger partial charge on any atom is 0.311 e. The predicted molar refractivity (Wildman–Crippen MR) is 111 cm³/mol.